The molecule has 3 aromatic rings. The second-order valence-electron chi connectivity index (χ2n) is 4.52. The van der Waals surface area contributed by atoms with Crippen molar-refractivity contribution in [3.63, 3.8) is 0 Å². The van der Waals surface area contributed by atoms with Crippen molar-refractivity contribution in [2.45, 2.75) is 4.90 Å². The molecule has 8 heteroatoms. The highest BCUT2D eigenvalue weighted by Gasteiger charge is 2.17. The minimum Gasteiger partial charge on any atom is -0.494 e. The van der Waals surface area contributed by atoms with E-state index in [1.165, 1.54) is 19.2 Å². The molecule has 0 aliphatic heterocycles. The van der Waals surface area contributed by atoms with E-state index in [0.717, 1.165) is 11.6 Å². The fourth-order valence-electron chi connectivity index (χ4n) is 2.01. The van der Waals surface area contributed by atoms with Crippen LogP contribution in [0.1, 0.15) is 0 Å². The molecule has 0 bridgehead atoms. The zero-order valence-corrected chi connectivity index (χ0v) is 12.3. The van der Waals surface area contributed by atoms with Crippen LogP contribution < -0.4 is 9.46 Å². The number of methoxy groups -OCH3 is 1. The lowest BCUT2D eigenvalue weighted by Crippen LogP contribution is -2.13. The van der Waals surface area contributed by atoms with Crippen LogP contribution >= 0.6 is 0 Å². The Balaban J connectivity index is 1.93. The topological polar surface area (TPSA) is 72.7 Å². The number of aromatic nitrogens is 2. The number of rotatable bonds is 4. The van der Waals surface area contributed by atoms with Gasteiger partial charge in [-0.1, -0.05) is 0 Å². The summed E-state index contributed by atoms with van der Waals surface area (Å²) in [5.74, 6) is -0.753. The van der Waals surface area contributed by atoms with Gasteiger partial charge in [-0.25, -0.2) is 17.3 Å². The number of sulfonamides is 1. The SMILES string of the molecule is COc1ccc(S(=O)(=O)Nc2ccn3nccc3c2)cc1F. The fourth-order valence-corrected chi connectivity index (χ4v) is 3.07. The highest BCUT2D eigenvalue weighted by molar-refractivity contribution is 7.92. The standard InChI is InChI=1S/C14H12FN3O3S/c1-21-14-3-2-12(9-13(14)15)22(19,20)17-10-5-7-18-11(8-10)4-6-16-18/h2-9,17H,1H3. The van der Waals surface area contributed by atoms with E-state index in [4.69, 9.17) is 4.74 Å². The van der Waals surface area contributed by atoms with Crippen molar-refractivity contribution in [1.29, 1.82) is 0 Å². The minimum atomic E-state index is -3.89. The van der Waals surface area contributed by atoms with Gasteiger partial charge >= 0.3 is 0 Å². The number of nitrogens with one attached hydrogen (secondary N) is 1. The summed E-state index contributed by atoms with van der Waals surface area (Å²) in [7, 11) is -2.58. The Morgan fingerprint density at radius 3 is 2.77 bits per heavy atom. The van der Waals surface area contributed by atoms with E-state index in [1.807, 2.05) is 0 Å². The quantitative estimate of drug-likeness (QED) is 0.800. The van der Waals surface area contributed by atoms with E-state index in [0.29, 0.717) is 5.69 Å². The van der Waals surface area contributed by atoms with Gasteiger partial charge in [0.2, 0.25) is 0 Å². The molecule has 22 heavy (non-hydrogen) atoms. The predicted molar refractivity (Wildman–Crippen MR) is 79.0 cm³/mol. The number of benzene rings is 1. The third-order valence-corrected chi connectivity index (χ3v) is 4.46. The summed E-state index contributed by atoms with van der Waals surface area (Å²) in [5, 5.41) is 4.02. The molecule has 114 valence electrons. The lowest BCUT2D eigenvalue weighted by molar-refractivity contribution is 0.385. The van der Waals surface area contributed by atoms with Crippen molar-refractivity contribution in [2.75, 3.05) is 11.8 Å². The molecule has 0 aliphatic carbocycles. The smallest absolute Gasteiger partial charge is 0.262 e. The Labute approximate surface area is 126 Å². The third-order valence-electron chi connectivity index (χ3n) is 3.09. The van der Waals surface area contributed by atoms with Crippen LogP contribution in [0.2, 0.25) is 0 Å². The maximum atomic E-state index is 13.7. The number of hydrogen-bond acceptors (Lipinski definition) is 4. The Morgan fingerprint density at radius 2 is 2.05 bits per heavy atom. The molecule has 1 aromatic carbocycles. The van der Waals surface area contributed by atoms with Crippen molar-refractivity contribution >= 4 is 21.2 Å². The molecule has 2 heterocycles. The fraction of sp³-hybridized carbons (Fsp3) is 0.0714. The number of halogens is 1. The van der Waals surface area contributed by atoms with Crippen LogP contribution in [0.15, 0.2) is 53.7 Å². The maximum absolute atomic E-state index is 13.7. The monoisotopic (exact) mass is 321 g/mol. The molecule has 0 atom stereocenters. The van der Waals surface area contributed by atoms with Gasteiger partial charge in [-0.15, -0.1) is 0 Å². The van der Waals surface area contributed by atoms with Crippen LogP contribution in [0, 0.1) is 5.82 Å². The molecule has 0 spiro atoms. The molecule has 0 radical (unpaired) electrons. The highest BCUT2D eigenvalue weighted by Crippen LogP contribution is 2.23. The maximum Gasteiger partial charge on any atom is 0.262 e. The number of fused-ring (bicyclic) bond motifs is 1. The molecule has 0 fully saturated rings. The van der Waals surface area contributed by atoms with Gasteiger partial charge in [-0.2, -0.15) is 5.10 Å². The Bertz CT molecular complexity index is 937. The van der Waals surface area contributed by atoms with Crippen molar-refractivity contribution in [1.82, 2.24) is 9.61 Å². The number of ether oxygens (including phenoxy) is 1. The number of anilines is 1. The van der Waals surface area contributed by atoms with Gasteiger partial charge in [0.05, 0.1) is 23.2 Å². The zero-order chi connectivity index (χ0) is 15.7. The van der Waals surface area contributed by atoms with Crippen molar-refractivity contribution < 1.29 is 17.5 Å². The molecule has 1 N–H and O–H groups in total. The molecule has 2 aromatic heterocycles. The molecule has 0 amide bonds. The molecule has 0 saturated heterocycles. The van der Waals surface area contributed by atoms with E-state index >= 15 is 0 Å². The average molecular weight is 321 g/mol. The second-order valence-corrected chi connectivity index (χ2v) is 6.20. The van der Waals surface area contributed by atoms with Gasteiger partial charge in [0, 0.05) is 12.4 Å². The van der Waals surface area contributed by atoms with Gasteiger partial charge in [-0.05, 0) is 36.4 Å². The summed E-state index contributed by atoms with van der Waals surface area (Å²) in [6.45, 7) is 0. The van der Waals surface area contributed by atoms with Crippen molar-refractivity contribution in [3.8, 4) is 5.75 Å². The third kappa shape index (κ3) is 2.60. The minimum absolute atomic E-state index is 0.0142. The Hall–Kier alpha value is -2.61. The first-order valence-electron chi connectivity index (χ1n) is 6.29. The normalized spacial score (nSPS) is 11.5. The molecular weight excluding hydrogens is 309 g/mol. The number of nitrogens with zero attached hydrogens (tertiary/aromatic N) is 2. The van der Waals surface area contributed by atoms with Crippen molar-refractivity contribution in [3.05, 3.63) is 54.6 Å². The van der Waals surface area contributed by atoms with E-state index in [9.17, 15) is 12.8 Å². The first-order valence-corrected chi connectivity index (χ1v) is 7.78. The van der Waals surface area contributed by atoms with Crippen molar-refractivity contribution in [2.24, 2.45) is 0 Å². The van der Waals surface area contributed by atoms with E-state index in [-0.39, 0.29) is 10.6 Å². The van der Waals surface area contributed by atoms with Crippen LogP contribution in [-0.2, 0) is 10.0 Å². The van der Waals surface area contributed by atoms with E-state index in [2.05, 4.69) is 9.82 Å². The van der Waals surface area contributed by atoms with Gasteiger partial charge < -0.3 is 4.74 Å². The van der Waals surface area contributed by atoms with Crippen LogP contribution in [0.3, 0.4) is 0 Å². The molecule has 0 aliphatic rings. The average Bonchev–Trinajstić information content (AvgIpc) is 2.94. The lowest BCUT2D eigenvalue weighted by Gasteiger charge is -2.09. The summed E-state index contributed by atoms with van der Waals surface area (Å²) in [6, 6.07) is 8.40. The highest BCUT2D eigenvalue weighted by atomic mass is 32.2. The van der Waals surface area contributed by atoms with Gasteiger partial charge in [-0.3, -0.25) is 4.72 Å². The van der Waals surface area contributed by atoms with Crippen LogP contribution in [0.4, 0.5) is 10.1 Å². The molecule has 0 unspecified atom stereocenters. The molecular formula is C14H12FN3O3S. The van der Waals surface area contributed by atoms with Crippen LogP contribution in [0.25, 0.3) is 5.52 Å². The van der Waals surface area contributed by atoms with Crippen LogP contribution in [0.5, 0.6) is 5.75 Å². The summed E-state index contributed by atoms with van der Waals surface area (Å²) in [5.41, 5.74) is 1.10. The van der Waals surface area contributed by atoms with Gasteiger partial charge in [0.1, 0.15) is 0 Å². The Kier molecular flexibility index (Phi) is 3.45. The molecule has 3 rings (SSSR count). The number of hydrogen-bond donors (Lipinski definition) is 1. The zero-order valence-electron chi connectivity index (χ0n) is 11.5. The van der Waals surface area contributed by atoms with Crippen LogP contribution in [-0.4, -0.2) is 25.1 Å². The summed E-state index contributed by atoms with van der Waals surface area (Å²) < 4.78 is 47.0. The lowest BCUT2D eigenvalue weighted by atomic mass is 10.3. The largest absolute Gasteiger partial charge is 0.494 e. The van der Waals surface area contributed by atoms with Gasteiger partial charge in [0.25, 0.3) is 10.0 Å². The molecule has 0 saturated carbocycles. The van der Waals surface area contributed by atoms with Gasteiger partial charge in [0.15, 0.2) is 11.6 Å². The summed E-state index contributed by atoms with van der Waals surface area (Å²) in [6.07, 6.45) is 3.23. The van der Waals surface area contributed by atoms with E-state index in [1.54, 1.807) is 35.1 Å². The molecule has 6 nitrogen and oxygen atoms in total. The first kappa shape index (κ1) is 14.3. The van der Waals surface area contributed by atoms with E-state index < -0.39 is 15.8 Å². The number of pyridine rings is 1. The predicted octanol–water partition coefficient (Wildman–Crippen LogP) is 2.28. The Morgan fingerprint density at radius 1 is 1.23 bits per heavy atom. The summed E-state index contributed by atoms with van der Waals surface area (Å²) in [4.78, 5) is -0.181. The first-order chi connectivity index (χ1) is 10.5. The summed E-state index contributed by atoms with van der Waals surface area (Å²) >= 11 is 0. The second kappa shape index (κ2) is 5.30.